The molecular formula is C10H16F6O2S. The molecule has 0 bridgehead atoms. The topological polar surface area (TPSA) is 34.1 Å². The second-order valence-corrected chi connectivity index (χ2v) is 6.92. The van der Waals surface area contributed by atoms with E-state index in [2.05, 4.69) is 0 Å². The van der Waals surface area contributed by atoms with Crippen LogP contribution < -0.4 is 0 Å². The highest BCUT2D eigenvalue weighted by molar-refractivity contribution is 7.91. The van der Waals surface area contributed by atoms with E-state index in [0.29, 0.717) is 0 Å². The molecule has 0 amide bonds. The molecule has 2 atom stereocenters. The van der Waals surface area contributed by atoms with Crippen LogP contribution >= 0.6 is 0 Å². The van der Waals surface area contributed by atoms with Crippen LogP contribution in [0.3, 0.4) is 0 Å². The van der Waals surface area contributed by atoms with Gasteiger partial charge in [-0.3, -0.25) is 0 Å². The van der Waals surface area contributed by atoms with E-state index in [-0.39, 0.29) is 0 Å². The van der Waals surface area contributed by atoms with Crippen molar-refractivity contribution < 1.29 is 34.8 Å². The smallest absolute Gasteiger partial charge is 0.229 e. The van der Waals surface area contributed by atoms with Crippen LogP contribution in [-0.4, -0.2) is 32.3 Å². The zero-order valence-electron chi connectivity index (χ0n) is 10.5. The molecule has 0 aromatic rings. The second-order valence-electron chi connectivity index (χ2n) is 4.61. The lowest BCUT2D eigenvalue weighted by atomic mass is 10.1. The fourth-order valence-corrected chi connectivity index (χ4v) is 2.77. The predicted octanol–water partition coefficient (Wildman–Crippen LogP) is 3.58. The Kier molecular flexibility index (Phi) is 6.16. The van der Waals surface area contributed by atoms with E-state index in [4.69, 9.17) is 0 Å². The predicted molar refractivity (Wildman–Crippen MR) is 58.3 cm³/mol. The largest absolute Gasteiger partial charge is 0.391 e. The third kappa shape index (κ3) is 7.64. The maximum absolute atomic E-state index is 12.2. The van der Waals surface area contributed by atoms with Gasteiger partial charge in [-0.15, -0.1) is 0 Å². The molecule has 0 heterocycles. The van der Waals surface area contributed by atoms with Crippen molar-refractivity contribution in [2.45, 2.75) is 39.0 Å². The number of hydrogen-bond donors (Lipinski definition) is 0. The summed E-state index contributed by atoms with van der Waals surface area (Å²) >= 11 is 0. The Balaban J connectivity index is 4.29. The van der Waals surface area contributed by atoms with Crippen LogP contribution in [0.1, 0.15) is 26.7 Å². The molecule has 0 saturated carbocycles. The first-order valence-corrected chi connectivity index (χ1v) is 7.41. The summed E-state index contributed by atoms with van der Waals surface area (Å²) < 4.78 is 95.6. The van der Waals surface area contributed by atoms with Crippen LogP contribution in [0.4, 0.5) is 26.3 Å². The molecule has 9 heteroatoms. The highest BCUT2D eigenvalue weighted by Crippen LogP contribution is 2.30. The van der Waals surface area contributed by atoms with Crippen molar-refractivity contribution in [3.63, 3.8) is 0 Å². The molecule has 0 fully saturated rings. The van der Waals surface area contributed by atoms with Gasteiger partial charge < -0.3 is 0 Å². The third-order valence-corrected chi connectivity index (χ3v) is 4.56. The summed E-state index contributed by atoms with van der Waals surface area (Å²) in [6.07, 6.45) is -10.2. The molecule has 0 radical (unpaired) electrons. The van der Waals surface area contributed by atoms with Gasteiger partial charge >= 0.3 is 12.4 Å². The molecule has 0 aliphatic heterocycles. The maximum Gasteiger partial charge on any atom is 0.391 e. The Morgan fingerprint density at radius 2 is 1.05 bits per heavy atom. The van der Waals surface area contributed by atoms with Gasteiger partial charge in [0, 0.05) is 0 Å². The van der Waals surface area contributed by atoms with Crippen LogP contribution in [0.2, 0.25) is 0 Å². The Morgan fingerprint density at radius 3 is 1.26 bits per heavy atom. The van der Waals surface area contributed by atoms with Crippen molar-refractivity contribution in [2.75, 3.05) is 11.5 Å². The van der Waals surface area contributed by atoms with Gasteiger partial charge in [0.2, 0.25) is 0 Å². The fraction of sp³-hybridized carbons (Fsp3) is 1.00. The van der Waals surface area contributed by atoms with Crippen molar-refractivity contribution >= 4 is 9.84 Å². The molecule has 19 heavy (non-hydrogen) atoms. The lowest BCUT2D eigenvalue weighted by Gasteiger charge is -2.17. The first-order chi connectivity index (χ1) is 8.26. The van der Waals surface area contributed by atoms with E-state index >= 15 is 0 Å². The van der Waals surface area contributed by atoms with E-state index in [1.165, 1.54) is 0 Å². The van der Waals surface area contributed by atoms with Crippen LogP contribution in [0, 0.1) is 11.8 Å². The van der Waals surface area contributed by atoms with Gasteiger partial charge in [-0.2, -0.15) is 26.3 Å². The third-order valence-electron chi connectivity index (χ3n) is 2.84. The van der Waals surface area contributed by atoms with Gasteiger partial charge in [-0.1, -0.05) is 13.8 Å². The Labute approximate surface area is 108 Å². The van der Waals surface area contributed by atoms with Gasteiger partial charge in [0.05, 0.1) is 23.3 Å². The zero-order valence-corrected chi connectivity index (χ0v) is 11.3. The molecule has 0 spiro atoms. The maximum atomic E-state index is 12.2. The summed E-state index contributed by atoms with van der Waals surface area (Å²) in [4.78, 5) is 0. The minimum absolute atomic E-state index is 0.633. The SMILES string of the molecule is CC(CCS(=O)(=O)CCC(C)C(F)(F)F)C(F)(F)F. The number of hydrogen-bond acceptors (Lipinski definition) is 2. The first kappa shape index (κ1) is 18.5. The minimum Gasteiger partial charge on any atom is -0.229 e. The first-order valence-electron chi connectivity index (χ1n) is 5.59. The average molecular weight is 314 g/mol. The standard InChI is InChI=1S/C10H16F6O2S/c1-7(9(11,12)13)3-5-19(17,18)6-4-8(2)10(14,15)16/h7-8H,3-6H2,1-2H3. The second kappa shape index (κ2) is 6.32. The summed E-state index contributed by atoms with van der Waals surface area (Å²) in [5, 5.41) is 0. The van der Waals surface area contributed by atoms with Gasteiger partial charge in [-0.05, 0) is 12.8 Å². The van der Waals surface area contributed by atoms with E-state index in [1.54, 1.807) is 0 Å². The van der Waals surface area contributed by atoms with Crippen molar-refractivity contribution in [3.8, 4) is 0 Å². The molecule has 0 N–H and O–H groups in total. The van der Waals surface area contributed by atoms with Crippen LogP contribution in [0.25, 0.3) is 0 Å². The highest BCUT2D eigenvalue weighted by Gasteiger charge is 2.38. The molecule has 0 rings (SSSR count). The summed E-state index contributed by atoms with van der Waals surface area (Å²) in [7, 11) is -3.89. The van der Waals surface area contributed by atoms with Gasteiger partial charge in [-0.25, -0.2) is 8.42 Å². The molecule has 0 aromatic heterocycles. The van der Waals surface area contributed by atoms with Crippen LogP contribution in [0.15, 0.2) is 0 Å². The molecule has 0 aromatic carbocycles. The minimum atomic E-state index is -4.49. The number of sulfone groups is 1. The van der Waals surface area contributed by atoms with E-state index in [1.807, 2.05) is 0 Å². The molecule has 116 valence electrons. The monoisotopic (exact) mass is 314 g/mol. The molecule has 2 unspecified atom stereocenters. The Hall–Kier alpha value is -0.470. The average Bonchev–Trinajstić information content (AvgIpc) is 2.20. The zero-order chi connectivity index (χ0) is 15.5. The molecule has 0 saturated heterocycles. The quantitative estimate of drug-likeness (QED) is 0.702. The fourth-order valence-electron chi connectivity index (χ4n) is 1.14. The molecular weight excluding hydrogens is 298 g/mol. The molecule has 0 aliphatic carbocycles. The molecule has 2 nitrogen and oxygen atoms in total. The van der Waals surface area contributed by atoms with Gasteiger partial charge in [0.15, 0.2) is 0 Å². The van der Waals surface area contributed by atoms with Crippen molar-refractivity contribution in [3.05, 3.63) is 0 Å². The Bertz CT molecular complexity index is 340. The van der Waals surface area contributed by atoms with Crippen molar-refractivity contribution in [2.24, 2.45) is 11.8 Å². The summed E-state index contributed by atoms with van der Waals surface area (Å²) in [5.74, 6) is -5.08. The lowest BCUT2D eigenvalue weighted by Crippen LogP contribution is -2.26. The number of rotatable bonds is 6. The van der Waals surface area contributed by atoms with E-state index in [0.717, 1.165) is 13.8 Å². The van der Waals surface area contributed by atoms with E-state index < -0.39 is 58.4 Å². The highest BCUT2D eigenvalue weighted by atomic mass is 32.2. The van der Waals surface area contributed by atoms with E-state index in [9.17, 15) is 34.8 Å². The van der Waals surface area contributed by atoms with Crippen molar-refractivity contribution in [1.82, 2.24) is 0 Å². The number of halogens is 6. The summed E-state index contributed by atoms with van der Waals surface area (Å²) in [6, 6.07) is 0. The van der Waals surface area contributed by atoms with Crippen LogP contribution in [0.5, 0.6) is 0 Å². The normalized spacial score (nSPS) is 17.3. The summed E-state index contributed by atoms with van der Waals surface area (Å²) in [6.45, 7) is 1.68. The van der Waals surface area contributed by atoms with Gasteiger partial charge in [0.1, 0.15) is 9.84 Å². The van der Waals surface area contributed by atoms with Crippen LogP contribution in [-0.2, 0) is 9.84 Å². The Morgan fingerprint density at radius 1 is 0.789 bits per heavy atom. The lowest BCUT2D eigenvalue weighted by molar-refractivity contribution is -0.170. The molecule has 0 aliphatic rings. The van der Waals surface area contributed by atoms with Crippen molar-refractivity contribution in [1.29, 1.82) is 0 Å². The van der Waals surface area contributed by atoms with Gasteiger partial charge in [0.25, 0.3) is 0 Å². The summed E-state index contributed by atoms with van der Waals surface area (Å²) in [5.41, 5.74) is 0. The number of alkyl halides is 6.